The number of non-ortho nitro benzene ring substituents is 1. The highest BCUT2D eigenvalue weighted by molar-refractivity contribution is 8.04. The molecule has 0 aromatic heterocycles. The number of fused-ring (bicyclic) bond motifs is 1. The maximum atomic E-state index is 13.6. The van der Waals surface area contributed by atoms with Gasteiger partial charge in [0.2, 0.25) is 5.91 Å². The van der Waals surface area contributed by atoms with Crippen molar-refractivity contribution in [2.75, 3.05) is 19.0 Å². The summed E-state index contributed by atoms with van der Waals surface area (Å²) in [6, 6.07) is 10.2. The molecular weight excluding hydrogens is 463 g/mol. The predicted molar refractivity (Wildman–Crippen MR) is 124 cm³/mol. The van der Waals surface area contributed by atoms with Gasteiger partial charge >= 0.3 is 6.03 Å². The Morgan fingerprint density at radius 2 is 1.85 bits per heavy atom. The van der Waals surface area contributed by atoms with Crippen molar-refractivity contribution in [2.24, 2.45) is 5.92 Å². The number of rotatable bonds is 5. The molecule has 1 saturated heterocycles. The molecule has 1 fully saturated rings. The Hall–Kier alpha value is -3.73. The van der Waals surface area contributed by atoms with Gasteiger partial charge in [-0.15, -0.1) is 0 Å². The fraction of sp³-hybridized carbons (Fsp3) is 0.261. The van der Waals surface area contributed by atoms with Crippen LogP contribution in [0.5, 0.6) is 0 Å². The Morgan fingerprint density at radius 1 is 1.18 bits per heavy atom. The van der Waals surface area contributed by atoms with E-state index < -0.39 is 34.0 Å². The first-order chi connectivity index (χ1) is 16.1. The first-order valence-electron chi connectivity index (χ1n) is 10.3. The van der Waals surface area contributed by atoms with E-state index in [-0.39, 0.29) is 23.8 Å². The van der Waals surface area contributed by atoms with Crippen LogP contribution in [0, 0.1) is 21.8 Å². The van der Waals surface area contributed by atoms with Crippen LogP contribution in [0.1, 0.15) is 12.5 Å². The molecule has 4 amide bonds. The molecule has 11 heteroatoms. The van der Waals surface area contributed by atoms with Crippen LogP contribution >= 0.6 is 11.8 Å². The molecule has 176 valence electrons. The van der Waals surface area contributed by atoms with Crippen molar-refractivity contribution in [1.82, 2.24) is 9.80 Å². The van der Waals surface area contributed by atoms with Crippen LogP contribution in [0.25, 0.3) is 0 Å². The van der Waals surface area contributed by atoms with E-state index in [1.165, 1.54) is 40.1 Å². The van der Waals surface area contributed by atoms with Crippen LogP contribution < -0.4 is 4.90 Å². The number of nitro benzene ring substituents is 1. The van der Waals surface area contributed by atoms with Crippen LogP contribution in [0.15, 0.2) is 59.0 Å². The summed E-state index contributed by atoms with van der Waals surface area (Å²) < 4.78 is 13.5. The van der Waals surface area contributed by atoms with Gasteiger partial charge < -0.3 is 9.80 Å². The summed E-state index contributed by atoms with van der Waals surface area (Å²) >= 11 is 1.14. The lowest BCUT2D eigenvalue weighted by Crippen LogP contribution is -2.60. The minimum atomic E-state index is -0.801. The number of nitro groups is 1. The van der Waals surface area contributed by atoms with E-state index in [2.05, 4.69) is 0 Å². The summed E-state index contributed by atoms with van der Waals surface area (Å²) in [6.07, 6.45) is 0. The number of thioether (sulfide) groups is 1. The Bertz CT molecular complexity index is 1230. The van der Waals surface area contributed by atoms with Gasteiger partial charge in [0.15, 0.2) is 0 Å². The molecule has 2 aliphatic rings. The summed E-state index contributed by atoms with van der Waals surface area (Å²) in [7, 11) is 3.20. The zero-order valence-electron chi connectivity index (χ0n) is 18.6. The third-order valence-electron chi connectivity index (χ3n) is 5.74. The van der Waals surface area contributed by atoms with Gasteiger partial charge in [0.25, 0.3) is 11.6 Å². The third kappa shape index (κ3) is 4.03. The number of halogens is 1. The summed E-state index contributed by atoms with van der Waals surface area (Å²) in [4.78, 5) is 54.7. The van der Waals surface area contributed by atoms with Crippen molar-refractivity contribution >= 4 is 41.0 Å². The second-order valence-electron chi connectivity index (χ2n) is 8.19. The molecule has 2 aromatic carbocycles. The van der Waals surface area contributed by atoms with E-state index in [0.29, 0.717) is 16.0 Å². The van der Waals surface area contributed by atoms with Crippen molar-refractivity contribution in [3.05, 3.63) is 80.5 Å². The van der Waals surface area contributed by atoms with Crippen molar-refractivity contribution < 1.29 is 23.7 Å². The average Bonchev–Trinajstić information content (AvgIpc) is 3.14. The van der Waals surface area contributed by atoms with Crippen LogP contribution in [0.3, 0.4) is 0 Å². The van der Waals surface area contributed by atoms with Crippen LogP contribution in [-0.2, 0) is 16.1 Å². The molecule has 0 spiro atoms. The second-order valence-corrected chi connectivity index (χ2v) is 9.31. The average molecular weight is 485 g/mol. The van der Waals surface area contributed by atoms with Gasteiger partial charge in [0, 0.05) is 32.8 Å². The zero-order valence-corrected chi connectivity index (χ0v) is 19.4. The van der Waals surface area contributed by atoms with E-state index in [0.717, 1.165) is 28.8 Å². The van der Waals surface area contributed by atoms with Crippen molar-refractivity contribution in [1.29, 1.82) is 0 Å². The summed E-state index contributed by atoms with van der Waals surface area (Å²) in [5, 5.41) is 10.5. The smallest absolute Gasteiger partial charge is 0.332 e. The van der Waals surface area contributed by atoms with Crippen molar-refractivity contribution in [3.63, 3.8) is 0 Å². The molecule has 2 aliphatic heterocycles. The van der Waals surface area contributed by atoms with E-state index in [1.807, 2.05) is 0 Å². The van der Waals surface area contributed by atoms with E-state index >= 15 is 0 Å². The number of carbonyl (C=O) groups excluding carboxylic acids is 3. The number of imide groups is 1. The van der Waals surface area contributed by atoms with Crippen LogP contribution in [0.4, 0.5) is 20.6 Å². The first kappa shape index (κ1) is 23.4. The number of carbonyl (C=O) groups is 3. The number of hydrogen-bond donors (Lipinski definition) is 0. The highest BCUT2D eigenvalue weighted by atomic mass is 32.2. The van der Waals surface area contributed by atoms with Crippen molar-refractivity contribution in [3.8, 4) is 0 Å². The molecule has 0 bridgehead atoms. The largest absolute Gasteiger partial charge is 0.344 e. The van der Waals surface area contributed by atoms with Crippen LogP contribution in [-0.4, -0.2) is 52.0 Å². The SMILES string of the molecule is CC1=C(C(=O)N(C)C)SC2C1C(=O)N(c1ccc(F)cc1)C(=O)N2Cc1cccc([N+](=O)[O-])c1. The van der Waals surface area contributed by atoms with Gasteiger partial charge in [-0.1, -0.05) is 23.9 Å². The molecule has 4 rings (SSSR count). The fourth-order valence-electron chi connectivity index (χ4n) is 4.03. The van der Waals surface area contributed by atoms with Gasteiger partial charge in [-0.3, -0.25) is 19.7 Å². The van der Waals surface area contributed by atoms with Gasteiger partial charge in [-0.05, 0) is 42.3 Å². The van der Waals surface area contributed by atoms with E-state index in [9.17, 15) is 28.9 Å². The summed E-state index contributed by atoms with van der Waals surface area (Å²) in [5.74, 6) is -2.10. The summed E-state index contributed by atoms with van der Waals surface area (Å²) in [5.41, 5.74) is 1.12. The molecular formula is C23H21FN4O5S. The first-order valence-corrected chi connectivity index (χ1v) is 11.2. The molecule has 34 heavy (non-hydrogen) atoms. The monoisotopic (exact) mass is 484 g/mol. The van der Waals surface area contributed by atoms with Crippen LogP contribution in [0.2, 0.25) is 0 Å². The fourth-order valence-corrected chi connectivity index (χ4v) is 5.62. The minimum Gasteiger partial charge on any atom is -0.344 e. The highest BCUT2D eigenvalue weighted by Crippen LogP contribution is 2.48. The maximum absolute atomic E-state index is 13.6. The van der Waals surface area contributed by atoms with E-state index in [1.54, 1.807) is 27.1 Å². The lowest BCUT2D eigenvalue weighted by molar-refractivity contribution is -0.384. The minimum absolute atomic E-state index is 0.0175. The van der Waals surface area contributed by atoms with Crippen molar-refractivity contribution in [2.45, 2.75) is 18.8 Å². The molecule has 9 nitrogen and oxygen atoms in total. The molecule has 0 N–H and O–H groups in total. The topological polar surface area (TPSA) is 104 Å². The second kappa shape index (κ2) is 8.90. The normalized spacial score (nSPS) is 20.0. The molecule has 2 unspecified atom stereocenters. The molecule has 2 atom stereocenters. The molecule has 2 heterocycles. The highest BCUT2D eigenvalue weighted by Gasteiger charge is 2.53. The lowest BCUT2D eigenvalue weighted by Gasteiger charge is -2.42. The van der Waals surface area contributed by atoms with Gasteiger partial charge in [0.1, 0.15) is 11.2 Å². The predicted octanol–water partition coefficient (Wildman–Crippen LogP) is 3.75. The number of likely N-dealkylation sites (N-methyl/N-ethyl adjacent to an activating group) is 1. The quantitative estimate of drug-likeness (QED) is 0.473. The molecule has 0 aliphatic carbocycles. The lowest BCUT2D eigenvalue weighted by atomic mass is 9.94. The van der Waals surface area contributed by atoms with Gasteiger partial charge in [-0.25, -0.2) is 14.1 Å². The Labute approximate surface area is 199 Å². The maximum Gasteiger partial charge on any atom is 0.332 e. The summed E-state index contributed by atoms with van der Waals surface area (Å²) in [6.45, 7) is 1.67. The number of nitrogens with zero attached hydrogens (tertiary/aromatic N) is 4. The Morgan fingerprint density at radius 3 is 2.47 bits per heavy atom. The third-order valence-corrected chi connectivity index (χ3v) is 7.24. The van der Waals surface area contributed by atoms with Gasteiger partial charge in [0.05, 0.1) is 21.4 Å². The zero-order chi connectivity index (χ0) is 24.7. The molecule has 2 aromatic rings. The number of anilines is 1. The van der Waals surface area contributed by atoms with Gasteiger partial charge in [-0.2, -0.15) is 0 Å². The number of benzene rings is 2. The molecule has 0 radical (unpaired) electrons. The number of urea groups is 1. The number of hydrogen-bond acceptors (Lipinski definition) is 6. The molecule has 0 saturated carbocycles. The van der Waals surface area contributed by atoms with E-state index in [4.69, 9.17) is 0 Å². The Kier molecular flexibility index (Phi) is 6.13. The standard InChI is InChI=1S/C23H21FN4O5S/c1-13-18-20(29)27(16-9-7-15(24)8-10-16)23(31)26(22(18)34-19(13)21(30)25(2)3)12-14-5-4-6-17(11-14)28(32)33/h4-11,18,22H,12H2,1-3H3. The number of amides is 4. The Balaban J connectivity index is 1.78.